The molecule has 2 N–H and O–H groups in total. The maximum absolute atomic E-state index is 11.3. The lowest BCUT2D eigenvalue weighted by Gasteiger charge is -2.03. The SMILES string of the molecule is CN=S(=O)(CCO)CCO. The largest absolute Gasteiger partial charge is 0.395 e. The standard InChI is InChI=1S/C5H13NO3S/c1-6-10(9,4-2-7)5-3-8/h7-8H,2-5H2,1H3. The Bertz CT molecular complexity index is 171. The monoisotopic (exact) mass is 167 g/mol. The molecule has 0 aromatic heterocycles. The molecule has 0 fully saturated rings. The van der Waals surface area contributed by atoms with E-state index in [0.717, 1.165) is 0 Å². The molecule has 0 unspecified atom stereocenters. The van der Waals surface area contributed by atoms with Gasteiger partial charge < -0.3 is 10.2 Å². The van der Waals surface area contributed by atoms with Crippen molar-refractivity contribution >= 4 is 9.73 Å². The molecule has 62 valence electrons. The van der Waals surface area contributed by atoms with Gasteiger partial charge in [0, 0.05) is 7.05 Å². The van der Waals surface area contributed by atoms with E-state index in [-0.39, 0.29) is 24.7 Å². The molecule has 5 heteroatoms. The summed E-state index contributed by atoms with van der Waals surface area (Å²) in [5.74, 6) is 0.314. The molecular weight excluding hydrogens is 154 g/mol. The van der Waals surface area contributed by atoms with Crippen LogP contribution in [0.25, 0.3) is 0 Å². The molecule has 0 rings (SSSR count). The third kappa shape index (κ3) is 3.14. The van der Waals surface area contributed by atoms with E-state index >= 15 is 0 Å². The van der Waals surface area contributed by atoms with Crippen LogP contribution < -0.4 is 0 Å². The summed E-state index contributed by atoms with van der Waals surface area (Å²) in [4.78, 5) is 0. The fourth-order valence-corrected chi connectivity index (χ4v) is 1.71. The Morgan fingerprint density at radius 1 is 1.30 bits per heavy atom. The Hall–Kier alpha value is -0.130. The van der Waals surface area contributed by atoms with Crippen LogP contribution in [-0.4, -0.2) is 46.2 Å². The zero-order valence-corrected chi connectivity index (χ0v) is 6.80. The second-order valence-corrected chi connectivity index (χ2v) is 4.54. The van der Waals surface area contributed by atoms with E-state index in [1.807, 2.05) is 0 Å². The Balaban J connectivity index is 4.12. The quantitative estimate of drug-likeness (QED) is 0.568. The van der Waals surface area contributed by atoms with Crippen molar-refractivity contribution in [2.75, 3.05) is 31.8 Å². The molecule has 0 aliphatic rings. The Kier molecular flexibility index (Phi) is 4.59. The minimum Gasteiger partial charge on any atom is -0.395 e. The van der Waals surface area contributed by atoms with Gasteiger partial charge in [-0.2, -0.15) is 0 Å². The third-order valence-corrected chi connectivity index (χ3v) is 3.46. The van der Waals surface area contributed by atoms with E-state index in [2.05, 4.69) is 4.36 Å². The van der Waals surface area contributed by atoms with E-state index in [9.17, 15) is 4.21 Å². The molecule has 0 bridgehead atoms. The highest BCUT2D eigenvalue weighted by molar-refractivity contribution is 7.93. The number of hydrogen-bond donors (Lipinski definition) is 2. The minimum absolute atomic E-state index is 0.143. The molecule has 0 spiro atoms. The van der Waals surface area contributed by atoms with Crippen LogP contribution in [0.15, 0.2) is 4.36 Å². The van der Waals surface area contributed by atoms with Crippen LogP contribution in [0.5, 0.6) is 0 Å². The minimum atomic E-state index is -2.30. The van der Waals surface area contributed by atoms with Gasteiger partial charge in [0.1, 0.15) is 0 Å². The van der Waals surface area contributed by atoms with Crippen molar-refractivity contribution in [3.05, 3.63) is 0 Å². The maximum Gasteiger partial charge on any atom is 0.0555 e. The molecule has 0 aliphatic carbocycles. The van der Waals surface area contributed by atoms with Crippen LogP contribution in [0.3, 0.4) is 0 Å². The van der Waals surface area contributed by atoms with Gasteiger partial charge in [-0.3, -0.25) is 0 Å². The van der Waals surface area contributed by atoms with Crippen LogP contribution in [-0.2, 0) is 9.73 Å². The summed E-state index contributed by atoms with van der Waals surface area (Å²) in [6.45, 7) is -0.285. The van der Waals surface area contributed by atoms with E-state index in [4.69, 9.17) is 10.2 Å². The lowest BCUT2D eigenvalue weighted by atomic mass is 10.9. The molecular formula is C5H13NO3S. The Labute approximate surface area is 61.1 Å². The molecule has 0 aromatic carbocycles. The summed E-state index contributed by atoms with van der Waals surface area (Å²) in [6.07, 6.45) is 0. The van der Waals surface area contributed by atoms with Crippen LogP contribution in [0.1, 0.15) is 0 Å². The van der Waals surface area contributed by atoms with Crippen LogP contribution >= 0.6 is 0 Å². The summed E-state index contributed by atoms with van der Waals surface area (Å²) in [6, 6.07) is 0. The normalized spacial score (nSPS) is 11.5. The molecule has 0 amide bonds. The number of aliphatic hydroxyl groups excluding tert-OH is 2. The first-order valence-corrected chi connectivity index (χ1v) is 4.86. The zero-order chi connectivity index (χ0) is 8.04. The van der Waals surface area contributed by atoms with Gasteiger partial charge in [0.2, 0.25) is 0 Å². The molecule has 4 nitrogen and oxygen atoms in total. The molecule has 0 aliphatic heterocycles. The van der Waals surface area contributed by atoms with Crippen molar-refractivity contribution < 1.29 is 14.4 Å². The van der Waals surface area contributed by atoms with Crippen LogP contribution in [0.2, 0.25) is 0 Å². The van der Waals surface area contributed by atoms with Gasteiger partial charge in [-0.25, -0.2) is 8.57 Å². The van der Waals surface area contributed by atoms with Gasteiger partial charge in [-0.05, 0) is 0 Å². The average molecular weight is 167 g/mol. The first kappa shape index (κ1) is 9.87. The number of nitrogens with zero attached hydrogens (tertiary/aromatic N) is 1. The summed E-state index contributed by atoms with van der Waals surface area (Å²) < 4.78 is 14.9. The van der Waals surface area contributed by atoms with Gasteiger partial charge in [0.15, 0.2) is 0 Å². The fraction of sp³-hybridized carbons (Fsp3) is 1.00. The highest BCUT2D eigenvalue weighted by Crippen LogP contribution is 1.93. The summed E-state index contributed by atoms with van der Waals surface area (Å²) in [5, 5.41) is 16.9. The van der Waals surface area contributed by atoms with Gasteiger partial charge in [-0.15, -0.1) is 0 Å². The first-order valence-electron chi connectivity index (χ1n) is 3.01. The summed E-state index contributed by atoms with van der Waals surface area (Å²) in [5.41, 5.74) is 0. The molecule has 0 heterocycles. The molecule has 0 aromatic rings. The lowest BCUT2D eigenvalue weighted by Crippen LogP contribution is -2.15. The second kappa shape index (κ2) is 4.65. The summed E-state index contributed by atoms with van der Waals surface area (Å²) in [7, 11) is -0.864. The molecule has 0 atom stereocenters. The molecule has 0 saturated heterocycles. The Morgan fingerprint density at radius 2 is 1.70 bits per heavy atom. The van der Waals surface area contributed by atoms with E-state index < -0.39 is 9.73 Å². The van der Waals surface area contributed by atoms with Gasteiger partial charge in [0.25, 0.3) is 0 Å². The van der Waals surface area contributed by atoms with Crippen molar-refractivity contribution in [1.29, 1.82) is 0 Å². The third-order valence-electron chi connectivity index (χ3n) is 1.15. The van der Waals surface area contributed by atoms with Crippen LogP contribution in [0, 0.1) is 0 Å². The highest BCUT2D eigenvalue weighted by Gasteiger charge is 2.04. The van der Waals surface area contributed by atoms with Crippen molar-refractivity contribution in [1.82, 2.24) is 0 Å². The van der Waals surface area contributed by atoms with Crippen molar-refractivity contribution in [2.45, 2.75) is 0 Å². The predicted molar refractivity (Wildman–Crippen MR) is 40.4 cm³/mol. The number of rotatable bonds is 4. The number of hydrogen-bond acceptors (Lipinski definition) is 4. The topological polar surface area (TPSA) is 69.9 Å². The predicted octanol–water partition coefficient (Wildman–Crippen LogP) is -0.931. The maximum atomic E-state index is 11.3. The smallest absolute Gasteiger partial charge is 0.0555 e. The van der Waals surface area contributed by atoms with Gasteiger partial charge in [0.05, 0.1) is 34.4 Å². The zero-order valence-electron chi connectivity index (χ0n) is 5.99. The van der Waals surface area contributed by atoms with E-state index in [1.54, 1.807) is 0 Å². The van der Waals surface area contributed by atoms with Gasteiger partial charge in [-0.1, -0.05) is 0 Å². The summed E-state index contributed by atoms with van der Waals surface area (Å²) >= 11 is 0. The first-order chi connectivity index (χ1) is 4.68. The molecule has 0 radical (unpaired) electrons. The Morgan fingerprint density at radius 3 is 1.90 bits per heavy atom. The van der Waals surface area contributed by atoms with Crippen molar-refractivity contribution in [3.63, 3.8) is 0 Å². The molecule has 0 saturated carbocycles. The van der Waals surface area contributed by atoms with Crippen molar-refractivity contribution in [3.8, 4) is 0 Å². The average Bonchev–Trinajstić information content (AvgIpc) is 1.89. The number of aliphatic hydroxyl groups is 2. The van der Waals surface area contributed by atoms with Crippen LogP contribution in [0.4, 0.5) is 0 Å². The van der Waals surface area contributed by atoms with Crippen molar-refractivity contribution in [2.24, 2.45) is 4.36 Å². The lowest BCUT2D eigenvalue weighted by molar-refractivity contribution is 0.315. The molecule has 10 heavy (non-hydrogen) atoms. The second-order valence-electron chi connectivity index (χ2n) is 1.81. The van der Waals surface area contributed by atoms with Gasteiger partial charge >= 0.3 is 0 Å². The highest BCUT2D eigenvalue weighted by atomic mass is 32.2. The van der Waals surface area contributed by atoms with E-state index in [0.29, 0.717) is 0 Å². The van der Waals surface area contributed by atoms with E-state index in [1.165, 1.54) is 7.05 Å². The fourth-order valence-electron chi connectivity index (χ4n) is 0.570.